The molecule has 0 unspecified atom stereocenters. The van der Waals surface area contributed by atoms with Gasteiger partial charge in [0.05, 0.1) is 6.04 Å². The number of carbonyl (C=O) groups excluding carboxylic acids is 1. The Morgan fingerprint density at radius 1 is 0.973 bits per heavy atom. The van der Waals surface area contributed by atoms with Crippen molar-refractivity contribution in [1.29, 1.82) is 0 Å². The van der Waals surface area contributed by atoms with Crippen molar-refractivity contribution in [3.05, 3.63) is 77.9 Å². The van der Waals surface area contributed by atoms with Crippen LogP contribution in [0.25, 0.3) is 10.8 Å². The maximum Gasteiger partial charge on any atom is 0.237 e. The van der Waals surface area contributed by atoms with Gasteiger partial charge in [-0.3, -0.25) is 4.79 Å². The first-order valence-electron chi connectivity index (χ1n) is 13.9. The van der Waals surface area contributed by atoms with Crippen LogP contribution in [0.1, 0.15) is 64.0 Å². The Kier molecular flexibility index (Phi) is 11.4. The standard InChI is InChI=1S/C32H45N3O2/c1-4-5-12-27(33)22-34-32(37)31(21-24-14-18-29(36)19-15-24)35-28(20-23(2)3)17-16-26-11-8-10-25-9-6-7-13-30(25)26/h6-11,13-15,18-19,23,27-28,31,35-36H,4-5,12,16-17,20-22,33H2,1-3H3,(H,34,37)/t27-,28+,31-/m0/s1. The lowest BCUT2D eigenvalue weighted by Crippen LogP contribution is -2.51. The number of amides is 1. The molecule has 0 saturated heterocycles. The molecular weight excluding hydrogens is 458 g/mol. The van der Waals surface area contributed by atoms with Crippen LogP contribution in [0.4, 0.5) is 0 Å². The molecule has 0 fully saturated rings. The zero-order valence-electron chi connectivity index (χ0n) is 22.7. The molecule has 0 aromatic heterocycles. The molecule has 0 aliphatic rings. The number of nitrogens with two attached hydrogens (primary N) is 1. The van der Waals surface area contributed by atoms with Crippen molar-refractivity contribution in [2.75, 3.05) is 6.54 Å². The summed E-state index contributed by atoms with van der Waals surface area (Å²) >= 11 is 0. The van der Waals surface area contributed by atoms with E-state index in [1.807, 2.05) is 12.1 Å². The zero-order valence-corrected chi connectivity index (χ0v) is 22.7. The monoisotopic (exact) mass is 503 g/mol. The van der Waals surface area contributed by atoms with E-state index in [4.69, 9.17) is 5.73 Å². The number of benzene rings is 3. The molecule has 0 radical (unpaired) electrons. The van der Waals surface area contributed by atoms with E-state index in [2.05, 4.69) is 73.9 Å². The summed E-state index contributed by atoms with van der Waals surface area (Å²) in [5.41, 5.74) is 8.59. The van der Waals surface area contributed by atoms with Crippen molar-refractivity contribution in [2.24, 2.45) is 11.7 Å². The number of unbranched alkanes of at least 4 members (excludes halogenated alkanes) is 1. The highest BCUT2D eigenvalue weighted by molar-refractivity contribution is 5.85. The third-order valence-corrected chi connectivity index (χ3v) is 6.99. The lowest BCUT2D eigenvalue weighted by Gasteiger charge is -2.27. The van der Waals surface area contributed by atoms with Gasteiger partial charge < -0.3 is 21.5 Å². The smallest absolute Gasteiger partial charge is 0.237 e. The van der Waals surface area contributed by atoms with Crippen molar-refractivity contribution in [3.63, 3.8) is 0 Å². The second-order valence-electron chi connectivity index (χ2n) is 10.7. The SMILES string of the molecule is CCCC[C@H](N)CNC(=O)[C@H](Cc1ccc(O)cc1)N[C@H](CCc1cccc2ccccc12)CC(C)C. The molecule has 0 heterocycles. The number of aryl methyl sites for hydroxylation is 1. The average molecular weight is 504 g/mol. The van der Waals surface area contributed by atoms with Gasteiger partial charge in [-0.05, 0) is 72.1 Å². The second kappa shape index (κ2) is 14.7. The molecule has 37 heavy (non-hydrogen) atoms. The first kappa shape index (κ1) is 28.7. The molecule has 5 nitrogen and oxygen atoms in total. The topological polar surface area (TPSA) is 87.4 Å². The van der Waals surface area contributed by atoms with Crippen molar-refractivity contribution < 1.29 is 9.90 Å². The number of phenolic OH excluding ortho intramolecular Hbond substituents is 1. The first-order valence-corrected chi connectivity index (χ1v) is 13.9. The van der Waals surface area contributed by atoms with Gasteiger partial charge in [0.15, 0.2) is 0 Å². The van der Waals surface area contributed by atoms with E-state index < -0.39 is 0 Å². The molecule has 3 aromatic rings. The van der Waals surface area contributed by atoms with Crippen LogP contribution < -0.4 is 16.4 Å². The van der Waals surface area contributed by atoms with Crippen molar-refractivity contribution in [3.8, 4) is 5.75 Å². The Labute approximate surface area is 222 Å². The molecule has 0 spiro atoms. The lowest BCUT2D eigenvalue weighted by molar-refractivity contribution is -0.123. The van der Waals surface area contributed by atoms with Gasteiger partial charge in [-0.15, -0.1) is 0 Å². The normalized spacial score (nSPS) is 14.0. The van der Waals surface area contributed by atoms with Crippen LogP contribution in [-0.4, -0.2) is 35.7 Å². The van der Waals surface area contributed by atoms with Crippen molar-refractivity contribution >= 4 is 16.7 Å². The Balaban J connectivity index is 1.73. The summed E-state index contributed by atoms with van der Waals surface area (Å²) in [5, 5.41) is 19.1. The van der Waals surface area contributed by atoms with Gasteiger partial charge in [0.25, 0.3) is 0 Å². The van der Waals surface area contributed by atoms with E-state index in [0.717, 1.165) is 44.1 Å². The van der Waals surface area contributed by atoms with Crippen LogP contribution in [-0.2, 0) is 17.6 Å². The largest absolute Gasteiger partial charge is 0.508 e. The van der Waals surface area contributed by atoms with Gasteiger partial charge in [-0.25, -0.2) is 0 Å². The van der Waals surface area contributed by atoms with E-state index in [-0.39, 0.29) is 29.8 Å². The number of hydrogen-bond donors (Lipinski definition) is 4. The fraction of sp³-hybridized carbons (Fsp3) is 0.469. The molecular formula is C32H45N3O2. The predicted octanol–water partition coefficient (Wildman–Crippen LogP) is 5.73. The molecule has 1 amide bonds. The number of aromatic hydroxyl groups is 1. The lowest BCUT2D eigenvalue weighted by atomic mass is 9.93. The summed E-state index contributed by atoms with van der Waals surface area (Å²) in [6.07, 6.45) is 6.51. The molecule has 3 rings (SSSR count). The van der Waals surface area contributed by atoms with Crippen molar-refractivity contribution in [1.82, 2.24) is 10.6 Å². The summed E-state index contributed by atoms with van der Waals surface area (Å²) in [5.74, 6) is 0.719. The van der Waals surface area contributed by atoms with Gasteiger partial charge in [0.2, 0.25) is 5.91 Å². The Hall–Kier alpha value is -2.89. The minimum absolute atomic E-state index is 0.0149. The van der Waals surface area contributed by atoms with Crippen LogP contribution in [0.2, 0.25) is 0 Å². The maximum absolute atomic E-state index is 13.4. The Bertz CT molecular complexity index is 1090. The fourth-order valence-corrected chi connectivity index (χ4v) is 4.98. The molecule has 0 aliphatic carbocycles. The van der Waals surface area contributed by atoms with Crippen LogP contribution in [0, 0.1) is 5.92 Å². The van der Waals surface area contributed by atoms with Crippen LogP contribution in [0.5, 0.6) is 5.75 Å². The number of phenols is 1. The van der Waals surface area contributed by atoms with E-state index in [1.54, 1.807) is 12.1 Å². The summed E-state index contributed by atoms with van der Waals surface area (Å²) in [4.78, 5) is 13.4. The van der Waals surface area contributed by atoms with Gasteiger partial charge in [0, 0.05) is 18.6 Å². The highest BCUT2D eigenvalue weighted by Crippen LogP contribution is 2.22. The van der Waals surface area contributed by atoms with E-state index in [0.29, 0.717) is 18.9 Å². The maximum atomic E-state index is 13.4. The Morgan fingerprint density at radius 3 is 2.43 bits per heavy atom. The van der Waals surface area contributed by atoms with Gasteiger partial charge in [-0.2, -0.15) is 0 Å². The molecule has 3 aromatic carbocycles. The fourth-order valence-electron chi connectivity index (χ4n) is 4.98. The molecule has 0 saturated carbocycles. The minimum Gasteiger partial charge on any atom is -0.508 e. The number of rotatable bonds is 15. The Morgan fingerprint density at radius 2 is 1.70 bits per heavy atom. The van der Waals surface area contributed by atoms with E-state index in [9.17, 15) is 9.90 Å². The molecule has 5 heteroatoms. The second-order valence-corrected chi connectivity index (χ2v) is 10.7. The van der Waals surface area contributed by atoms with E-state index in [1.165, 1.54) is 16.3 Å². The number of carbonyl (C=O) groups is 1. The summed E-state index contributed by atoms with van der Waals surface area (Å²) in [7, 11) is 0. The van der Waals surface area contributed by atoms with Gasteiger partial charge in [0.1, 0.15) is 5.75 Å². The predicted molar refractivity (Wildman–Crippen MR) is 155 cm³/mol. The highest BCUT2D eigenvalue weighted by Gasteiger charge is 2.24. The summed E-state index contributed by atoms with van der Waals surface area (Å²) in [6, 6.07) is 21.9. The number of hydrogen-bond acceptors (Lipinski definition) is 4. The van der Waals surface area contributed by atoms with Crippen LogP contribution in [0.15, 0.2) is 66.7 Å². The van der Waals surface area contributed by atoms with Crippen molar-refractivity contribution in [2.45, 2.75) is 83.8 Å². The van der Waals surface area contributed by atoms with E-state index >= 15 is 0 Å². The third-order valence-electron chi connectivity index (χ3n) is 6.99. The van der Waals surface area contributed by atoms with Crippen LogP contribution in [0.3, 0.4) is 0 Å². The quantitative estimate of drug-likeness (QED) is 0.213. The van der Waals surface area contributed by atoms with Gasteiger partial charge >= 0.3 is 0 Å². The molecule has 200 valence electrons. The molecule has 3 atom stereocenters. The summed E-state index contributed by atoms with van der Waals surface area (Å²) < 4.78 is 0. The third kappa shape index (κ3) is 9.49. The highest BCUT2D eigenvalue weighted by atomic mass is 16.3. The first-order chi connectivity index (χ1) is 17.9. The molecule has 0 bridgehead atoms. The van der Waals surface area contributed by atoms with Gasteiger partial charge in [-0.1, -0.05) is 88.2 Å². The average Bonchev–Trinajstić information content (AvgIpc) is 2.89. The molecule has 5 N–H and O–H groups in total. The van der Waals surface area contributed by atoms with Crippen LogP contribution >= 0.6 is 0 Å². The summed E-state index contributed by atoms with van der Waals surface area (Å²) in [6.45, 7) is 7.09. The molecule has 0 aliphatic heterocycles. The number of fused-ring (bicyclic) bond motifs is 1. The zero-order chi connectivity index (χ0) is 26.6. The number of nitrogens with one attached hydrogen (secondary N) is 2. The minimum atomic E-state index is -0.376.